The number of nitrogens with one attached hydrogen (secondary N) is 2. The standard InChI is InChI=1S/C18H21N5O4/c1-13(24)21-15-5-3-14(4-6-15)11-23-16(12-27-18(23)26)17(25)19-8-10-22-9-2-7-20-22/h2-7,9,16H,8,10-12H2,1H3,(H,19,25)(H,21,24)/t16-/m0/s1. The maximum Gasteiger partial charge on any atom is 0.410 e. The Labute approximate surface area is 156 Å². The number of benzene rings is 1. The first-order chi connectivity index (χ1) is 13.0. The third-order valence-electron chi connectivity index (χ3n) is 4.10. The van der Waals surface area contributed by atoms with Crippen molar-refractivity contribution in [3.8, 4) is 0 Å². The highest BCUT2D eigenvalue weighted by atomic mass is 16.6. The van der Waals surface area contributed by atoms with Crippen molar-refractivity contribution in [1.82, 2.24) is 20.0 Å². The summed E-state index contributed by atoms with van der Waals surface area (Å²) in [5.74, 6) is -0.416. The number of cyclic esters (lactones) is 1. The largest absolute Gasteiger partial charge is 0.447 e. The third kappa shape index (κ3) is 4.84. The summed E-state index contributed by atoms with van der Waals surface area (Å²) >= 11 is 0. The molecule has 9 heteroatoms. The fraction of sp³-hybridized carbons (Fsp3) is 0.333. The number of ether oxygens (including phenoxy) is 1. The molecule has 2 N–H and O–H groups in total. The van der Waals surface area contributed by atoms with E-state index in [0.29, 0.717) is 18.8 Å². The molecule has 1 atom stereocenters. The molecule has 0 bridgehead atoms. The van der Waals surface area contributed by atoms with Gasteiger partial charge < -0.3 is 15.4 Å². The van der Waals surface area contributed by atoms with Crippen LogP contribution in [0.15, 0.2) is 42.7 Å². The number of nitrogens with zero attached hydrogens (tertiary/aromatic N) is 3. The van der Waals surface area contributed by atoms with Crippen molar-refractivity contribution in [2.45, 2.75) is 26.1 Å². The van der Waals surface area contributed by atoms with E-state index in [2.05, 4.69) is 15.7 Å². The van der Waals surface area contributed by atoms with Crippen LogP contribution in [-0.2, 0) is 27.4 Å². The molecule has 0 saturated carbocycles. The van der Waals surface area contributed by atoms with E-state index in [1.807, 2.05) is 12.3 Å². The van der Waals surface area contributed by atoms with Crippen LogP contribution >= 0.6 is 0 Å². The van der Waals surface area contributed by atoms with Crippen LogP contribution in [0.2, 0.25) is 0 Å². The fourth-order valence-electron chi connectivity index (χ4n) is 2.78. The minimum absolute atomic E-state index is 0.0242. The second kappa shape index (κ2) is 8.35. The molecule has 1 fully saturated rings. The molecule has 27 heavy (non-hydrogen) atoms. The molecule has 1 aliphatic heterocycles. The van der Waals surface area contributed by atoms with Crippen molar-refractivity contribution in [2.75, 3.05) is 18.5 Å². The second-order valence-corrected chi connectivity index (χ2v) is 6.16. The van der Waals surface area contributed by atoms with Crippen LogP contribution in [0.3, 0.4) is 0 Å². The Morgan fingerprint density at radius 3 is 2.74 bits per heavy atom. The van der Waals surface area contributed by atoms with E-state index >= 15 is 0 Å². The van der Waals surface area contributed by atoms with Gasteiger partial charge in [0.05, 0.1) is 13.1 Å². The highest BCUT2D eigenvalue weighted by Gasteiger charge is 2.37. The molecule has 0 radical (unpaired) electrons. The number of hydrogen-bond donors (Lipinski definition) is 2. The van der Waals surface area contributed by atoms with Gasteiger partial charge in [-0.25, -0.2) is 4.79 Å². The number of aromatic nitrogens is 2. The highest BCUT2D eigenvalue weighted by Crippen LogP contribution is 2.18. The van der Waals surface area contributed by atoms with Gasteiger partial charge in [0.1, 0.15) is 12.6 Å². The summed E-state index contributed by atoms with van der Waals surface area (Å²) in [6, 6.07) is 8.22. The lowest BCUT2D eigenvalue weighted by molar-refractivity contribution is -0.125. The van der Waals surface area contributed by atoms with E-state index < -0.39 is 12.1 Å². The average Bonchev–Trinajstić information content (AvgIpc) is 3.27. The first kappa shape index (κ1) is 18.4. The van der Waals surface area contributed by atoms with E-state index in [9.17, 15) is 14.4 Å². The Balaban J connectivity index is 1.56. The number of carbonyl (C=O) groups excluding carboxylic acids is 3. The van der Waals surface area contributed by atoms with Crippen molar-refractivity contribution >= 4 is 23.6 Å². The van der Waals surface area contributed by atoms with Crippen molar-refractivity contribution in [3.63, 3.8) is 0 Å². The zero-order valence-electron chi connectivity index (χ0n) is 14.9. The minimum Gasteiger partial charge on any atom is -0.447 e. The first-order valence-electron chi connectivity index (χ1n) is 8.58. The predicted molar refractivity (Wildman–Crippen MR) is 96.7 cm³/mol. The Morgan fingerprint density at radius 1 is 1.30 bits per heavy atom. The molecule has 2 aromatic rings. The molecule has 9 nitrogen and oxygen atoms in total. The van der Waals surface area contributed by atoms with Crippen LogP contribution in [0.5, 0.6) is 0 Å². The lowest BCUT2D eigenvalue weighted by atomic mass is 10.1. The molecule has 1 saturated heterocycles. The van der Waals surface area contributed by atoms with Crippen LogP contribution < -0.4 is 10.6 Å². The van der Waals surface area contributed by atoms with Gasteiger partial charge in [0.15, 0.2) is 0 Å². The van der Waals surface area contributed by atoms with Crippen LogP contribution in [0.1, 0.15) is 12.5 Å². The predicted octanol–water partition coefficient (Wildman–Crippen LogP) is 0.979. The van der Waals surface area contributed by atoms with Gasteiger partial charge >= 0.3 is 6.09 Å². The quantitative estimate of drug-likeness (QED) is 0.755. The van der Waals surface area contributed by atoms with Crippen molar-refractivity contribution < 1.29 is 19.1 Å². The maximum absolute atomic E-state index is 12.4. The van der Waals surface area contributed by atoms with Gasteiger partial charge in [-0.15, -0.1) is 0 Å². The summed E-state index contributed by atoms with van der Waals surface area (Å²) < 4.78 is 6.76. The second-order valence-electron chi connectivity index (χ2n) is 6.16. The van der Waals surface area contributed by atoms with Crippen LogP contribution in [0, 0.1) is 0 Å². The van der Waals surface area contributed by atoms with Gasteiger partial charge in [-0.3, -0.25) is 19.2 Å². The van der Waals surface area contributed by atoms with Gasteiger partial charge in [-0.05, 0) is 23.8 Å². The monoisotopic (exact) mass is 371 g/mol. The number of anilines is 1. The van der Waals surface area contributed by atoms with E-state index in [0.717, 1.165) is 5.56 Å². The van der Waals surface area contributed by atoms with Crippen molar-refractivity contribution in [3.05, 3.63) is 48.3 Å². The number of amides is 3. The molecule has 0 unspecified atom stereocenters. The van der Waals surface area contributed by atoms with E-state index in [-0.39, 0.29) is 25.0 Å². The molecule has 3 amide bonds. The summed E-state index contributed by atoms with van der Waals surface area (Å²) in [5.41, 5.74) is 1.50. The molecular weight excluding hydrogens is 350 g/mol. The number of rotatable bonds is 7. The van der Waals surface area contributed by atoms with Crippen molar-refractivity contribution in [2.24, 2.45) is 0 Å². The SMILES string of the molecule is CC(=O)Nc1ccc(CN2C(=O)OC[C@H]2C(=O)NCCn2cccn2)cc1. The fourth-order valence-corrected chi connectivity index (χ4v) is 2.78. The summed E-state index contributed by atoms with van der Waals surface area (Å²) in [4.78, 5) is 36.9. The van der Waals surface area contributed by atoms with Gasteiger partial charge in [0.25, 0.3) is 0 Å². The molecule has 2 heterocycles. The maximum atomic E-state index is 12.4. The normalized spacial score (nSPS) is 16.1. The topological polar surface area (TPSA) is 106 Å². The van der Waals surface area contributed by atoms with Gasteiger partial charge in [-0.2, -0.15) is 5.10 Å². The smallest absolute Gasteiger partial charge is 0.410 e. The van der Waals surface area contributed by atoms with Gasteiger partial charge in [0, 0.05) is 31.5 Å². The number of carbonyl (C=O) groups is 3. The first-order valence-corrected chi connectivity index (χ1v) is 8.58. The van der Waals surface area contributed by atoms with Crippen LogP contribution in [0.4, 0.5) is 10.5 Å². The van der Waals surface area contributed by atoms with Gasteiger partial charge in [0.2, 0.25) is 11.8 Å². The lowest BCUT2D eigenvalue weighted by Gasteiger charge is -2.21. The van der Waals surface area contributed by atoms with Crippen molar-refractivity contribution in [1.29, 1.82) is 0 Å². The molecule has 1 aromatic carbocycles. The summed E-state index contributed by atoms with van der Waals surface area (Å²) in [6.45, 7) is 2.66. The summed E-state index contributed by atoms with van der Waals surface area (Å²) in [7, 11) is 0. The molecular formula is C18H21N5O4. The Morgan fingerprint density at radius 2 is 2.07 bits per heavy atom. The van der Waals surface area contributed by atoms with E-state index in [4.69, 9.17) is 4.74 Å². The van der Waals surface area contributed by atoms with E-state index in [1.165, 1.54) is 11.8 Å². The van der Waals surface area contributed by atoms with E-state index in [1.54, 1.807) is 35.1 Å². The molecule has 0 spiro atoms. The zero-order chi connectivity index (χ0) is 19.2. The zero-order valence-corrected chi connectivity index (χ0v) is 14.9. The van der Waals surface area contributed by atoms with Gasteiger partial charge in [-0.1, -0.05) is 12.1 Å². The summed E-state index contributed by atoms with van der Waals surface area (Å²) in [6.07, 6.45) is 2.96. The molecule has 1 aromatic heterocycles. The Hall–Kier alpha value is -3.36. The molecule has 142 valence electrons. The minimum atomic E-state index is -0.676. The number of hydrogen-bond acceptors (Lipinski definition) is 5. The Kier molecular flexibility index (Phi) is 5.70. The molecule has 0 aliphatic carbocycles. The average molecular weight is 371 g/mol. The molecule has 3 rings (SSSR count). The highest BCUT2D eigenvalue weighted by molar-refractivity contribution is 5.89. The van der Waals surface area contributed by atoms with Crippen LogP contribution in [-0.4, -0.2) is 51.8 Å². The lowest BCUT2D eigenvalue weighted by Crippen LogP contribution is -2.46. The summed E-state index contributed by atoms with van der Waals surface area (Å²) in [5, 5.41) is 9.56. The molecule has 1 aliphatic rings. The van der Waals surface area contributed by atoms with Crippen LogP contribution in [0.25, 0.3) is 0 Å². The third-order valence-corrected chi connectivity index (χ3v) is 4.10. The Bertz CT molecular complexity index is 804.